The predicted octanol–water partition coefficient (Wildman–Crippen LogP) is 2.41. The Hall–Kier alpha value is -0.0800. The summed E-state index contributed by atoms with van der Waals surface area (Å²) in [4.78, 5) is 2.48. The molecule has 0 aromatic heterocycles. The lowest BCUT2D eigenvalue weighted by Crippen LogP contribution is -2.48. The van der Waals surface area contributed by atoms with Crippen molar-refractivity contribution in [3.63, 3.8) is 0 Å². The fraction of sp³-hybridized carbons (Fsp3) is 1.00. The first kappa shape index (κ1) is 12.0. The van der Waals surface area contributed by atoms with Crippen molar-refractivity contribution < 1.29 is 5.11 Å². The van der Waals surface area contributed by atoms with Crippen LogP contribution >= 0.6 is 0 Å². The molecule has 1 aliphatic carbocycles. The second kappa shape index (κ2) is 5.72. The molecular formula is C12H25NO. The van der Waals surface area contributed by atoms with E-state index in [9.17, 15) is 5.11 Å². The van der Waals surface area contributed by atoms with E-state index < -0.39 is 0 Å². The van der Waals surface area contributed by atoms with Gasteiger partial charge in [0.1, 0.15) is 0 Å². The minimum atomic E-state index is -0.0855. The lowest BCUT2D eigenvalue weighted by molar-refractivity contribution is 0.00500. The topological polar surface area (TPSA) is 23.5 Å². The quantitative estimate of drug-likeness (QED) is 0.751. The highest BCUT2D eigenvalue weighted by Crippen LogP contribution is 2.24. The van der Waals surface area contributed by atoms with Gasteiger partial charge in [-0.1, -0.05) is 19.8 Å². The van der Waals surface area contributed by atoms with Gasteiger partial charge in [0, 0.05) is 12.1 Å². The van der Waals surface area contributed by atoms with Gasteiger partial charge in [0.25, 0.3) is 0 Å². The van der Waals surface area contributed by atoms with E-state index in [0.29, 0.717) is 12.1 Å². The van der Waals surface area contributed by atoms with Gasteiger partial charge in [-0.3, -0.25) is 4.90 Å². The second-order valence-corrected chi connectivity index (χ2v) is 4.75. The van der Waals surface area contributed by atoms with E-state index in [-0.39, 0.29) is 6.10 Å². The molecule has 1 rings (SSSR count). The van der Waals surface area contributed by atoms with Gasteiger partial charge in [0.05, 0.1) is 6.10 Å². The summed E-state index contributed by atoms with van der Waals surface area (Å²) in [5, 5.41) is 9.97. The van der Waals surface area contributed by atoms with Crippen molar-refractivity contribution in [2.75, 3.05) is 6.54 Å². The van der Waals surface area contributed by atoms with Crippen molar-refractivity contribution in [3.8, 4) is 0 Å². The largest absolute Gasteiger partial charge is 0.391 e. The van der Waals surface area contributed by atoms with E-state index in [1.165, 1.54) is 25.7 Å². The number of aliphatic hydroxyl groups excluding tert-OH is 1. The van der Waals surface area contributed by atoms with Crippen molar-refractivity contribution >= 4 is 0 Å². The molecule has 0 amide bonds. The predicted molar refractivity (Wildman–Crippen MR) is 60.4 cm³/mol. The molecule has 0 aromatic carbocycles. The SMILES string of the molecule is CCCN(C(C)C)[C@H]1CCCC[C@@H]1O. The van der Waals surface area contributed by atoms with E-state index in [2.05, 4.69) is 25.7 Å². The maximum absolute atomic E-state index is 9.97. The second-order valence-electron chi connectivity index (χ2n) is 4.75. The normalized spacial score (nSPS) is 28.7. The summed E-state index contributed by atoms with van der Waals surface area (Å²) in [6.45, 7) is 7.80. The van der Waals surface area contributed by atoms with Gasteiger partial charge >= 0.3 is 0 Å². The van der Waals surface area contributed by atoms with Gasteiger partial charge in [-0.05, 0) is 39.7 Å². The summed E-state index contributed by atoms with van der Waals surface area (Å²) in [6, 6.07) is 0.983. The van der Waals surface area contributed by atoms with Crippen molar-refractivity contribution in [1.82, 2.24) is 4.90 Å². The van der Waals surface area contributed by atoms with Gasteiger partial charge in [-0.2, -0.15) is 0 Å². The molecule has 2 heteroatoms. The highest BCUT2D eigenvalue weighted by atomic mass is 16.3. The summed E-state index contributed by atoms with van der Waals surface area (Å²) in [5.41, 5.74) is 0. The van der Waals surface area contributed by atoms with Gasteiger partial charge in [0.15, 0.2) is 0 Å². The Morgan fingerprint density at radius 3 is 2.43 bits per heavy atom. The van der Waals surface area contributed by atoms with Crippen molar-refractivity contribution in [3.05, 3.63) is 0 Å². The Labute approximate surface area is 88.3 Å². The van der Waals surface area contributed by atoms with Crippen LogP contribution in [0.5, 0.6) is 0 Å². The highest BCUT2D eigenvalue weighted by molar-refractivity contribution is 4.84. The zero-order chi connectivity index (χ0) is 10.6. The van der Waals surface area contributed by atoms with Crippen LogP contribution in [0, 0.1) is 0 Å². The first-order chi connectivity index (χ1) is 6.66. The molecule has 1 fully saturated rings. The third kappa shape index (κ3) is 2.96. The molecule has 84 valence electrons. The van der Waals surface area contributed by atoms with Crippen LogP contribution in [0.1, 0.15) is 52.9 Å². The lowest BCUT2D eigenvalue weighted by atomic mass is 9.90. The zero-order valence-corrected chi connectivity index (χ0v) is 9.87. The van der Waals surface area contributed by atoms with Crippen LogP contribution in [0.4, 0.5) is 0 Å². The summed E-state index contributed by atoms with van der Waals surface area (Å²) in [6.07, 6.45) is 5.76. The summed E-state index contributed by atoms with van der Waals surface area (Å²) in [7, 11) is 0. The number of nitrogens with zero attached hydrogens (tertiary/aromatic N) is 1. The standard InChI is InChI=1S/C12H25NO/c1-4-9-13(10(2)3)11-7-5-6-8-12(11)14/h10-12,14H,4-9H2,1-3H3/t11-,12-/m0/s1. The Balaban J connectivity index is 2.55. The maximum atomic E-state index is 9.97. The third-order valence-corrected chi connectivity index (χ3v) is 3.27. The monoisotopic (exact) mass is 199 g/mol. The average Bonchev–Trinajstić information content (AvgIpc) is 2.15. The van der Waals surface area contributed by atoms with E-state index in [1.807, 2.05) is 0 Å². The van der Waals surface area contributed by atoms with Crippen LogP contribution < -0.4 is 0 Å². The van der Waals surface area contributed by atoms with Crippen LogP contribution in [0.2, 0.25) is 0 Å². The number of hydrogen-bond donors (Lipinski definition) is 1. The first-order valence-electron chi connectivity index (χ1n) is 6.10. The number of rotatable bonds is 4. The molecule has 2 nitrogen and oxygen atoms in total. The highest BCUT2D eigenvalue weighted by Gasteiger charge is 2.29. The van der Waals surface area contributed by atoms with E-state index >= 15 is 0 Å². The van der Waals surface area contributed by atoms with Gasteiger partial charge < -0.3 is 5.11 Å². The fourth-order valence-corrected chi connectivity index (χ4v) is 2.54. The molecule has 0 radical (unpaired) electrons. The van der Waals surface area contributed by atoms with Gasteiger partial charge in [-0.15, -0.1) is 0 Å². The smallest absolute Gasteiger partial charge is 0.0695 e. The van der Waals surface area contributed by atoms with E-state index in [4.69, 9.17) is 0 Å². The maximum Gasteiger partial charge on any atom is 0.0695 e. The minimum Gasteiger partial charge on any atom is -0.391 e. The van der Waals surface area contributed by atoms with E-state index in [0.717, 1.165) is 13.0 Å². The molecule has 0 aliphatic heterocycles. The fourth-order valence-electron chi connectivity index (χ4n) is 2.54. The van der Waals surface area contributed by atoms with Crippen LogP contribution in [0.3, 0.4) is 0 Å². The van der Waals surface area contributed by atoms with Crippen molar-refractivity contribution in [2.45, 2.75) is 71.1 Å². The Morgan fingerprint density at radius 1 is 1.29 bits per heavy atom. The molecule has 14 heavy (non-hydrogen) atoms. The van der Waals surface area contributed by atoms with Crippen LogP contribution in [0.15, 0.2) is 0 Å². The molecule has 1 saturated carbocycles. The average molecular weight is 199 g/mol. The molecule has 0 aromatic rings. The third-order valence-electron chi connectivity index (χ3n) is 3.27. The molecule has 2 atom stereocenters. The number of aliphatic hydroxyl groups is 1. The molecule has 0 unspecified atom stereocenters. The Morgan fingerprint density at radius 2 is 1.93 bits per heavy atom. The lowest BCUT2D eigenvalue weighted by Gasteiger charge is -2.40. The molecule has 1 N–H and O–H groups in total. The molecule has 0 spiro atoms. The molecule has 0 heterocycles. The van der Waals surface area contributed by atoms with Crippen LogP contribution in [-0.4, -0.2) is 34.7 Å². The molecular weight excluding hydrogens is 174 g/mol. The Kier molecular flexibility index (Phi) is 4.90. The zero-order valence-electron chi connectivity index (χ0n) is 9.87. The summed E-state index contributed by atoms with van der Waals surface area (Å²) in [5.74, 6) is 0. The molecule has 0 saturated heterocycles. The summed E-state index contributed by atoms with van der Waals surface area (Å²) < 4.78 is 0. The van der Waals surface area contributed by atoms with Crippen LogP contribution in [-0.2, 0) is 0 Å². The molecule has 1 aliphatic rings. The minimum absolute atomic E-state index is 0.0855. The van der Waals surface area contributed by atoms with E-state index in [1.54, 1.807) is 0 Å². The van der Waals surface area contributed by atoms with Crippen molar-refractivity contribution in [1.29, 1.82) is 0 Å². The Bertz CT molecular complexity index is 156. The molecule has 0 bridgehead atoms. The first-order valence-corrected chi connectivity index (χ1v) is 6.10. The summed E-state index contributed by atoms with van der Waals surface area (Å²) >= 11 is 0. The van der Waals surface area contributed by atoms with Crippen LogP contribution in [0.25, 0.3) is 0 Å². The van der Waals surface area contributed by atoms with Gasteiger partial charge in [0.2, 0.25) is 0 Å². The number of hydrogen-bond acceptors (Lipinski definition) is 2. The van der Waals surface area contributed by atoms with Gasteiger partial charge in [-0.25, -0.2) is 0 Å². The van der Waals surface area contributed by atoms with Crippen molar-refractivity contribution in [2.24, 2.45) is 0 Å².